The van der Waals surface area contributed by atoms with Crippen molar-refractivity contribution in [3.8, 4) is 0 Å². The van der Waals surface area contributed by atoms with Crippen molar-refractivity contribution < 1.29 is 9.59 Å². The molecule has 27 heavy (non-hydrogen) atoms. The molecule has 0 spiro atoms. The van der Waals surface area contributed by atoms with Crippen LogP contribution in [-0.4, -0.2) is 22.4 Å². The van der Waals surface area contributed by atoms with Crippen LogP contribution in [0.4, 0.5) is 5.69 Å². The number of hydrogen-bond donors (Lipinski definition) is 1. The summed E-state index contributed by atoms with van der Waals surface area (Å²) in [7, 11) is 0. The summed E-state index contributed by atoms with van der Waals surface area (Å²) in [5, 5.41) is 4.01. The lowest BCUT2D eigenvalue weighted by atomic mass is 9.95. The Morgan fingerprint density at radius 1 is 1.07 bits per heavy atom. The second-order valence-electron chi connectivity index (χ2n) is 7.20. The number of nitrogens with one attached hydrogen (secondary N) is 1. The van der Waals surface area contributed by atoms with Crippen molar-refractivity contribution in [1.82, 2.24) is 9.88 Å². The Kier molecular flexibility index (Phi) is 5.15. The lowest BCUT2D eigenvalue weighted by Gasteiger charge is -2.37. The molecular weight excluding hydrogens is 385 g/mol. The van der Waals surface area contributed by atoms with Crippen molar-refractivity contribution in [2.45, 2.75) is 50.7 Å². The zero-order chi connectivity index (χ0) is 19.0. The standard InChI is InChI=1S/C20H21Cl2N3O2/c21-13-9-14(22)11-16(10-13)25-18(26)12-24-8-4-7-17(24)19(25)20(27)23-15-5-2-1-3-6-15/h4,7-11,15,19H,1-3,5-6,12H2,(H,23,27). The van der Waals surface area contributed by atoms with E-state index in [2.05, 4.69) is 5.32 Å². The third-order valence-corrected chi connectivity index (χ3v) is 5.74. The van der Waals surface area contributed by atoms with Gasteiger partial charge < -0.3 is 9.88 Å². The number of nitrogens with zero attached hydrogens (tertiary/aromatic N) is 2. The van der Waals surface area contributed by atoms with Crippen LogP contribution < -0.4 is 10.2 Å². The van der Waals surface area contributed by atoms with Crippen LogP contribution >= 0.6 is 23.2 Å². The number of halogens is 2. The summed E-state index contributed by atoms with van der Waals surface area (Å²) >= 11 is 12.3. The molecule has 2 aromatic rings. The first-order chi connectivity index (χ1) is 13.0. The van der Waals surface area contributed by atoms with E-state index in [0.29, 0.717) is 15.7 Å². The average Bonchev–Trinajstić information content (AvgIpc) is 3.08. The molecule has 1 unspecified atom stereocenters. The van der Waals surface area contributed by atoms with Gasteiger partial charge in [0, 0.05) is 28.0 Å². The Labute approximate surface area is 168 Å². The van der Waals surface area contributed by atoms with E-state index in [1.807, 2.05) is 22.9 Å². The van der Waals surface area contributed by atoms with Crippen LogP contribution in [0, 0.1) is 0 Å². The van der Waals surface area contributed by atoms with Crippen molar-refractivity contribution in [3.63, 3.8) is 0 Å². The summed E-state index contributed by atoms with van der Waals surface area (Å²) in [5.74, 6) is -0.327. The van der Waals surface area contributed by atoms with Gasteiger partial charge >= 0.3 is 0 Å². The molecule has 2 amide bonds. The molecule has 1 aromatic heterocycles. The number of amides is 2. The third-order valence-electron chi connectivity index (χ3n) is 5.30. The third kappa shape index (κ3) is 3.71. The van der Waals surface area contributed by atoms with E-state index in [0.717, 1.165) is 31.4 Å². The zero-order valence-corrected chi connectivity index (χ0v) is 16.3. The number of benzene rings is 1. The van der Waals surface area contributed by atoms with Crippen LogP contribution in [0.5, 0.6) is 0 Å². The van der Waals surface area contributed by atoms with Crippen molar-refractivity contribution in [2.75, 3.05) is 4.90 Å². The fraction of sp³-hybridized carbons (Fsp3) is 0.400. The topological polar surface area (TPSA) is 54.3 Å². The van der Waals surface area contributed by atoms with Gasteiger partial charge in [-0.25, -0.2) is 0 Å². The summed E-state index contributed by atoms with van der Waals surface area (Å²) in [6, 6.07) is 8.12. The molecule has 1 saturated carbocycles. The number of carbonyl (C=O) groups is 2. The van der Waals surface area contributed by atoms with Gasteiger partial charge in [0.15, 0.2) is 6.04 Å². The maximum atomic E-state index is 13.2. The molecule has 2 aliphatic rings. The summed E-state index contributed by atoms with van der Waals surface area (Å²) in [4.78, 5) is 27.7. The lowest BCUT2D eigenvalue weighted by Crippen LogP contribution is -2.51. The summed E-state index contributed by atoms with van der Waals surface area (Å²) in [6.07, 6.45) is 7.25. The maximum Gasteiger partial charge on any atom is 0.249 e. The fourth-order valence-electron chi connectivity index (χ4n) is 4.07. The molecule has 1 aliphatic heterocycles. The quantitative estimate of drug-likeness (QED) is 0.825. The predicted molar refractivity (Wildman–Crippen MR) is 106 cm³/mol. The zero-order valence-electron chi connectivity index (χ0n) is 14.8. The Morgan fingerprint density at radius 3 is 2.48 bits per heavy atom. The van der Waals surface area contributed by atoms with Crippen LogP contribution in [0.25, 0.3) is 0 Å². The fourth-order valence-corrected chi connectivity index (χ4v) is 4.58. The maximum absolute atomic E-state index is 13.2. The van der Waals surface area contributed by atoms with Gasteiger partial charge in [0.25, 0.3) is 0 Å². The normalized spacial score (nSPS) is 20.4. The first-order valence-corrected chi connectivity index (χ1v) is 10.0. The number of carbonyl (C=O) groups excluding carboxylic acids is 2. The molecule has 1 atom stereocenters. The number of aromatic nitrogens is 1. The van der Waals surface area contributed by atoms with E-state index in [4.69, 9.17) is 23.2 Å². The largest absolute Gasteiger partial charge is 0.351 e. The molecule has 1 aliphatic carbocycles. The highest BCUT2D eigenvalue weighted by Crippen LogP contribution is 2.35. The highest BCUT2D eigenvalue weighted by Gasteiger charge is 2.39. The SMILES string of the molecule is O=C(NC1CCCCC1)C1c2cccn2CC(=O)N1c1cc(Cl)cc(Cl)c1. The number of anilines is 1. The van der Waals surface area contributed by atoms with Gasteiger partial charge in [-0.3, -0.25) is 14.5 Å². The monoisotopic (exact) mass is 405 g/mol. The van der Waals surface area contributed by atoms with E-state index < -0.39 is 6.04 Å². The van der Waals surface area contributed by atoms with E-state index in [1.165, 1.54) is 11.3 Å². The Bertz CT molecular complexity index is 854. The number of hydrogen-bond acceptors (Lipinski definition) is 2. The van der Waals surface area contributed by atoms with Gasteiger partial charge in [0.05, 0.1) is 5.69 Å². The molecule has 1 aromatic carbocycles. The van der Waals surface area contributed by atoms with Gasteiger partial charge in [0.2, 0.25) is 11.8 Å². The van der Waals surface area contributed by atoms with Gasteiger partial charge in [-0.2, -0.15) is 0 Å². The van der Waals surface area contributed by atoms with E-state index in [1.54, 1.807) is 18.2 Å². The van der Waals surface area contributed by atoms with Gasteiger partial charge in [0.1, 0.15) is 6.54 Å². The van der Waals surface area contributed by atoms with Crippen LogP contribution in [-0.2, 0) is 16.1 Å². The van der Waals surface area contributed by atoms with Crippen LogP contribution in [0.1, 0.15) is 43.8 Å². The Balaban J connectivity index is 1.71. The molecular formula is C20H21Cl2N3O2. The Hall–Kier alpha value is -1.98. The molecule has 0 saturated heterocycles. The molecule has 7 heteroatoms. The highest BCUT2D eigenvalue weighted by atomic mass is 35.5. The first kappa shape index (κ1) is 18.4. The predicted octanol–water partition coefficient (Wildman–Crippen LogP) is 4.33. The molecule has 0 radical (unpaired) electrons. The minimum atomic E-state index is -0.738. The van der Waals surface area contributed by atoms with Gasteiger partial charge in [-0.15, -0.1) is 0 Å². The van der Waals surface area contributed by atoms with Crippen molar-refractivity contribution in [2.24, 2.45) is 0 Å². The van der Waals surface area contributed by atoms with E-state index >= 15 is 0 Å². The van der Waals surface area contributed by atoms with Crippen LogP contribution in [0.15, 0.2) is 36.5 Å². The molecule has 0 bridgehead atoms. The van der Waals surface area contributed by atoms with E-state index in [-0.39, 0.29) is 24.4 Å². The molecule has 5 nitrogen and oxygen atoms in total. The summed E-state index contributed by atoms with van der Waals surface area (Å²) in [5.41, 5.74) is 1.33. The minimum Gasteiger partial charge on any atom is -0.351 e. The van der Waals surface area contributed by atoms with Crippen molar-refractivity contribution in [3.05, 3.63) is 52.3 Å². The number of rotatable bonds is 3. The molecule has 1 N–H and O–H groups in total. The van der Waals surface area contributed by atoms with Crippen molar-refractivity contribution in [1.29, 1.82) is 0 Å². The van der Waals surface area contributed by atoms with Crippen LogP contribution in [0.2, 0.25) is 10.0 Å². The smallest absolute Gasteiger partial charge is 0.249 e. The molecule has 142 valence electrons. The summed E-state index contributed by atoms with van der Waals surface area (Å²) < 4.78 is 1.83. The van der Waals surface area contributed by atoms with Crippen LogP contribution in [0.3, 0.4) is 0 Å². The lowest BCUT2D eigenvalue weighted by molar-refractivity contribution is -0.128. The number of fused-ring (bicyclic) bond motifs is 1. The Morgan fingerprint density at radius 2 is 1.78 bits per heavy atom. The summed E-state index contributed by atoms with van der Waals surface area (Å²) in [6.45, 7) is 0.180. The molecule has 4 rings (SSSR count). The minimum absolute atomic E-state index is 0.161. The highest BCUT2D eigenvalue weighted by molar-refractivity contribution is 6.35. The second kappa shape index (κ2) is 7.56. The average molecular weight is 406 g/mol. The van der Waals surface area contributed by atoms with Crippen molar-refractivity contribution >= 4 is 40.7 Å². The second-order valence-corrected chi connectivity index (χ2v) is 8.07. The van der Waals surface area contributed by atoms with Gasteiger partial charge in [-0.05, 0) is 43.2 Å². The first-order valence-electron chi connectivity index (χ1n) is 9.26. The van der Waals surface area contributed by atoms with Gasteiger partial charge in [-0.1, -0.05) is 42.5 Å². The molecule has 1 fully saturated rings. The molecule has 2 heterocycles. The van der Waals surface area contributed by atoms with E-state index in [9.17, 15) is 9.59 Å².